The van der Waals surface area contributed by atoms with Crippen LogP contribution in [0.15, 0.2) is 18.2 Å². The highest BCUT2D eigenvalue weighted by Gasteiger charge is 2.07. The lowest BCUT2D eigenvalue weighted by molar-refractivity contribution is -0.121. The van der Waals surface area contributed by atoms with Crippen molar-refractivity contribution >= 4 is 40.4 Å². The molecule has 0 aliphatic heterocycles. The van der Waals surface area contributed by atoms with E-state index >= 15 is 0 Å². The van der Waals surface area contributed by atoms with Gasteiger partial charge in [0.25, 0.3) is 0 Å². The summed E-state index contributed by atoms with van der Waals surface area (Å²) in [5.41, 5.74) is 2.04. The van der Waals surface area contributed by atoms with Crippen molar-refractivity contribution in [2.24, 2.45) is 0 Å². The number of aryl methyl sites for hydroxylation is 3. The monoisotopic (exact) mass is 356 g/mol. The fourth-order valence-corrected chi connectivity index (χ4v) is 3.45. The Kier molecular flexibility index (Phi) is 6.24. The van der Waals surface area contributed by atoms with Gasteiger partial charge in [0.15, 0.2) is 0 Å². The summed E-state index contributed by atoms with van der Waals surface area (Å²) in [6.45, 7) is 4.60. The van der Waals surface area contributed by atoms with E-state index in [0.29, 0.717) is 35.9 Å². The molecule has 1 aromatic heterocycles. The highest BCUT2D eigenvalue weighted by molar-refractivity contribution is 7.11. The Morgan fingerprint density at radius 1 is 1.27 bits per heavy atom. The van der Waals surface area contributed by atoms with Crippen LogP contribution < -0.4 is 5.32 Å². The summed E-state index contributed by atoms with van der Waals surface area (Å²) < 4.78 is 0. The number of carbonyl (C=O) groups is 1. The van der Waals surface area contributed by atoms with Crippen LogP contribution in [0.4, 0.5) is 0 Å². The van der Waals surface area contributed by atoms with Gasteiger partial charge in [0.1, 0.15) is 0 Å². The number of carbonyl (C=O) groups excluding carboxylic acids is 1. The van der Waals surface area contributed by atoms with Crippen molar-refractivity contribution in [3.05, 3.63) is 49.4 Å². The molecule has 6 heteroatoms. The summed E-state index contributed by atoms with van der Waals surface area (Å²) in [5.74, 6) is 0.0376. The molecule has 0 aliphatic rings. The second-order valence-corrected chi connectivity index (χ2v) is 7.22. The van der Waals surface area contributed by atoms with E-state index in [2.05, 4.69) is 10.3 Å². The smallest absolute Gasteiger partial charge is 0.220 e. The number of amides is 1. The number of hydrogen-bond acceptors (Lipinski definition) is 3. The van der Waals surface area contributed by atoms with E-state index in [9.17, 15) is 4.79 Å². The first-order chi connectivity index (χ1) is 10.5. The third kappa shape index (κ3) is 4.97. The Morgan fingerprint density at radius 2 is 2.05 bits per heavy atom. The SMILES string of the molecule is Cc1nc(CCC(=O)NCCc2ccc(Cl)cc2Cl)sc1C. The van der Waals surface area contributed by atoms with Crippen LogP contribution in [-0.2, 0) is 17.6 Å². The Morgan fingerprint density at radius 3 is 2.68 bits per heavy atom. The molecule has 0 fully saturated rings. The summed E-state index contributed by atoms with van der Waals surface area (Å²) in [5, 5.41) is 5.18. The predicted molar refractivity (Wildman–Crippen MR) is 93.1 cm³/mol. The van der Waals surface area contributed by atoms with Gasteiger partial charge in [-0.15, -0.1) is 11.3 Å². The van der Waals surface area contributed by atoms with E-state index in [-0.39, 0.29) is 5.91 Å². The maximum atomic E-state index is 11.8. The number of hydrogen-bond donors (Lipinski definition) is 1. The van der Waals surface area contributed by atoms with E-state index in [0.717, 1.165) is 16.3 Å². The molecule has 118 valence electrons. The van der Waals surface area contributed by atoms with Crippen molar-refractivity contribution in [1.82, 2.24) is 10.3 Å². The number of benzene rings is 1. The number of nitrogens with zero attached hydrogens (tertiary/aromatic N) is 1. The lowest BCUT2D eigenvalue weighted by Crippen LogP contribution is -2.25. The minimum Gasteiger partial charge on any atom is -0.356 e. The van der Waals surface area contributed by atoms with Crippen molar-refractivity contribution in [2.45, 2.75) is 33.1 Å². The van der Waals surface area contributed by atoms with E-state index in [1.807, 2.05) is 19.9 Å². The molecular formula is C16H18Cl2N2OS. The van der Waals surface area contributed by atoms with Crippen LogP contribution in [0.25, 0.3) is 0 Å². The second kappa shape index (κ2) is 7.95. The molecule has 1 amide bonds. The molecule has 0 atom stereocenters. The normalized spacial score (nSPS) is 10.7. The van der Waals surface area contributed by atoms with Gasteiger partial charge in [-0.05, 0) is 38.0 Å². The summed E-state index contributed by atoms with van der Waals surface area (Å²) in [4.78, 5) is 17.5. The van der Waals surface area contributed by atoms with Gasteiger partial charge in [0.05, 0.1) is 10.7 Å². The highest BCUT2D eigenvalue weighted by Crippen LogP contribution is 2.21. The van der Waals surface area contributed by atoms with E-state index in [1.54, 1.807) is 23.5 Å². The lowest BCUT2D eigenvalue weighted by atomic mass is 10.1. The third-order valence-electron chi connectivity index (χ3n) is 3.37. The number of nitrogens with one attached hydrogen (secondary N) is 1. The molecule has 22 heavy (non-hydrogen) atoms. The molecule has 0 radical (unpaired) electrons. The van der Waals surface area contributed by atoms with Gasteiger partial charge in [-0.25, -0.2) is 4.98 Å². The standard InChI is InChI=1S/C16H18Cl2N2OS/c1-10-11(2)22-16(20-10)6-5-15(21)19-8-7-12-3-4-13(17)9-14(12)18/h3-4,9H,5-8H2,1-2H3,(H,19,21). The summed E-state index contributed by atoms with van der Waals surface area (Å²) in [6, 6.07) is 5.41. The maximum absolute atomic E-state index is 11.8. The van der Waals surface area contributed by atoms with E-state index in [4.69, 9.17) is 23.2 Å². The molecule has 0 saturated carbocycles. The summed E-state index contributed by atoms with van der Waals surface area (Å²) >= 11 is 13.6. The molecule has 2 aromatic rings. The van der Waals surface area contributed by atoms with Gasteiger partial charge in [0, 0.05) is 34.3 Å². The Labute approximate surface area is 144 Å². The average molecular weight is 357 g/mol. The Hall–Kier alpha value is -1.10. The van der Waals surface area contributed by atoms with Crippen LogP contribution in [0.3, 0.4) is 0 Å². The quantitative estimate of drug-likeness (QED) is 0.835. The minimum absolute atomic E-state index is 0.0376. The topological polar surface area (TPSA) is 42.0 Å². The highest BCUT2D eigenvalue weighted by atomic mass is 35.5. The fourth-order valence-electron chi connectivity index (χ4n) is 2.02. The number of halogens is 2. The van der Waals surface area contributed by atoms with E-state index in [1.165, 1.54) is 4.88 Å². The van der Waals surface area contributed by atoms with Crippen molar-refractivity contribution < 1.29 is 4.79 Å². The van der Waals surface area contributed by atoms with Crippen LogP contribution in [0.2, 0.25) is 10.0 Å². The van der Waals surface area contributed by atoms with Gasteiger partial charge >= 0.3 is 0 Å². The Bertz CT molecular complexity index is 651. The van der Waals surface area contributed by atoms with Gasteiger partial charge < -0.3 is 5.32 Å². The van der Waals surface area contributed by atoms with Crippen molar-refractivity contribution in [1.29, 1.82) is 0 Å². The average Bonchev–Trinajstić information content (AvgIpc) is 2.78. The number of aromatic nitrogens is 1. The van der Waals surface area contributed by atoms with Crippen LogP contribution in [0.5, 0.6) is 0 Å². The zero-order chi connectivity index (χ0) is 16.1. The summed E-state index contributed by atoms with van der Waals surface area (Å²) in [7, 11) is 0. The van der Waals surface area contributed by atoms with Crippen molar-refractivity contribution in [3.63, 3.8) is 0 Å². The van der Waals surface area contributed by atoms with Crippen molar-refractivity contribution in [3.8, 4) is 0 Å². The largest absolute Gasteiger partial charge is 0.356 e. The molecule has 1 heterocycles. The summed E-state index contributed by atoms with van der Waals surface area (Å²) in [6.07, 6.45) is 1.84. The van der Waals surface area contributed by atoms with Crippen LogP contribution >= 0.6 is 34.5 Å². The van der Waals surface area contributed by atoms with Gasteiger partial charge in [-0.1, -0.05) is 29.3 Å². The van der Waals surface area contributed by atoms with Crippen LogP contribution in [-0.4, -0.2) is 17.4 Å². The first kappa shape index (κ1) is 17.3. The first-order valence-corrected chi connectivity index (χ1v) is 8.66. The molecule has 1 N–H and O–H groups in total. The van der Waals surface area contributed by atoms with Crippen molar-refractivity contribution in [2.75, 3.05) is 6.54 Å². The predicted octanol–water partition coefficient (Wildman–Crippen LogP) is 4.36. The molecule has 0 saturated heterocycles. The van der Waals surface area contributed by atoms with Crippen LogP contribution in [0.1, 0.15) is 27.6 Å². The maximum Gasteiger partial charge on any atom is 0.220 e. The van der Waals surface area contributed by atoms with E-state index < -0.39 is 0 Å². The second-order valence-electron chi connectivity index (χ2n) is 5.08. The molecule has 0 unspecified atom stereocenters. The zero-order valence-corrected chi connectivity index (χ0v) is 14.9. The number of thiazole rings is 1. The van der Waals surface area contributed by atoms with Gasteiger partial charge in [0.2, 0.25) is 5.91 Å². The van der Waals surface area contributed by atoms with Gasteiger partial charge in [-0.3, -0.25) is 4.79 Å². The molecule has 0 bridgehead atoms. The number of rotatable bonds is 6. The molecule has 0 aliphatic carbocycles. The lowest BCUT2D eigenvalue weighted by Gasteiger charge is -2.06. The molecule has 2 rings (SSSR count). The zero-order valence-electron chi connectivity index (χ0n) is 12.6. The third-order valence-corrected chi connectivity index (χ3v) is 5.09. The van der Waals surface area contributed by atoms with Gasteiger partial charge in [-0.2, -0.15) is 0 Å². The first-order valence-electron chi connectivity index (χ1n) is 7.09. The minimum atomic E-state index is 0.0376. The molecule has 0 spiro atoms. The molecule has 1 aromatic carbocycles. The fraction of sp³-hybridized carbons (Fsp3) is 0.375. The molecule has 3 nitrogen and oxygen atoms in total. The van der Waals surface area contributed by atoms with Crippen LogP contribution in [0, 0.1) is 13.8 Å². The Balaban J connectivity index is 1.73. The molecular weight excluding hydrogens is 339 g/mol.